The second kappa shape index (κ2) is 16.9. The summed E-state index contributed by atoms with van der Waals surface area (Å²) in [5.74, 6) is -5.99. The number of allylic oxidation sites excluding steroid dienone is 3. The van der Waals surface area contributed by atoms with Crippen LogP contribution in [0.1, 0.15) is 147 Å². The molecule has 4 aliphatic rings. The highest BCUT2D eigenvalue weighted by Crippen LogP contribution is 2.48. The SMILES string of the molecule is CCc1cc(C2=CC3=C(CC2)c2cc4cc(-c5cnc(C6CC(F)(F)CN6C(=O)C(C(C)C)C(CC)CC)[nH]5)ccc4n2C(CC)O3)[nH]c1C1CC(F)(F)CN1C(=O)C(N)C(C)C. The molecule has 4 N–H and O–H groups in total. The molecule has 1 aromatic carbocycles. The maximum atomic E-state index is 15.1. The van der Waals surface area contributed by atoms with Crippen LogP contribution in [-0.4, -0.2) is 72.1 Å². The van der Waals surface area contributed by atoms with Crippen LogP contribution in [0.2, 0.25) is 0 Å². The predicted molar refractivity (Wildman–Crippen MR) is 237 cm³/mol. The Hall–Kier alpha value is -4.85. The molecule has 6 heterocycles. The Morgan fingerprint density at radius 2 is 1.56 bits per heavy atom. The van der Waals surface area contributed by atoms with E-state index in [0.717, 1.165) is 63.2 Å². The second-order valence-corrected chi connectivity index (χ2v) is 19.0. The number of H-pyrrole nitrogens is 2. The molecule has 0 radical (unpaired) electrons. The molecule has 1 aliphatic carbocycles. The summed E-state index contributed by atoms with van der Waals surface area (Å²) in [7, 11) is 0. The average molecular weight is 874 g/mol. The Kier molecular flexibility index (Phi) is 12.0. The number of imidazole rings is 1. The van der Waals surface area contributed by atoms with Crippen LogP contribution in [0.5, 0.6) is 0 Å². The van der Waals surface area contributed by atoms with Crippen molar-refractivity contribution in [1.29, 1.82) is 0 Å². The highest BCUT2D eigenvalue weighted by molar-refractivity contribution is 5.91. The molecule has 5 atom stereocenters. The molecular formula is C49H63F4N7O3. The quantitative estimate of drug-likeness (QED) is 0.115. The summed E-state index contributed by atoms with van der Waals surface area (Å²) >= 11 is 0. The van der Waals surface area contributed by atoms with E-state index in [0.29, 0.717) is 42.9 Å². The van der Waals surface area contributed by atoms with E-state index in [2.05, 4.69) is 64.6 Å². The fourth-order valence-electron chi connectivity index (χ4n) is 10.7. The van der Waals surface area contributed by atoms with Crippen LogP contribution in [0, 0.1) is 23.7 Å². The number of aromatic nitrogens is 4. The largest absolute Gasteiger partial charge is 0.470 e. The summed E-state index contributed by atoms with van der Waals surface area (Å²) in [5, 5.41) is 0.990. The molecule has 2 amide bonds. The van der Waals surface area contributed by atoms with Gasteiger partial charge in [-0.05, 0) is 78.5 Å². The number of hydrogen-bond donors (Lipinski definition) is 3. The van der Waals surface area contributed by atoms with E-state index in [1.165, 1.54) is 9.80 Å². The first-order chi connectivity index (χ1) is 29.9. The molecule has 14 heteroatoms. The average Bonchev–Trinajstić information content (AvgIpc) is 4.09. The third kappa shape index (κ3) is 8.14. The van der Waals surface area contributed by atoms with Crippen LogP contribution in [0.25, 0.3) is 33.3 Å². The van der Waals surface area contributed by atoms with Crippen LogP contribution in [0.4, 0.5) is 17.6 Å². The second-order valence-electron chi connectivity index (χ2n) is 19.0. The van der Waals surface area contributed by atoms with Crippen LogP contribution < -0.4 is 5.73 Å². The summed E-state index contributed by atoms with van der Waals surface area (Å²) in [4.78, 5) is 41.5. The Bertz CT molecular complexity index is 2440. The minimum absolute atomic E-state index is 0.0180. The molecule has 2 fully saturated rings. The van der Waals surface area contributed by atoms with Crippen molar-refractivity contribution in [3.05, 3.63) is 76.8 Å². The molecule has 0 bridgehead atoms. The van der Waals surface area contributed by atoms with E-state index < -0.39 is 61.8 Å². The van der Waals surface area contributed by atoms with Gasteiger partial charge < -0.3 is 34.8 Å². The van der Waals surface area contributed by atoms with Gasteiger partial charge in [0, 0.05) is 53.1 Å². The Morgan fingerprint density at radius 1 is 0.873 bits per heavy atom. The van der Waals surface area contributed by atoms with Gasteiger partial charge in [-0.25, -0.2) is 22.5 Å². The lowest BCUT2D eigenvalue weighted by Crippen LogP contribution is -2.47. The number of aromatic amines is 2. The van der Waals surface area contributed by atoms with Gasteiger partial charge in [0.15, 0.2) is 6.23 Å². The Balaban J connectivity index is 1.08. The maximum absolute atomic E-state index is 15.1. The number of fused-ring (bicyclic) bond motifs is 4. The zero-order valence-corrected chi connectivity index (χ0v) is 37.8. The summed E-state index contributed by atoms with van der Waals surface area (Å²) in [6.45, 7) is 14.5. The van der Waals surface area contributed by atoms with Crippen LogP contribution in [0.15, 0.2) is 48.4 Å². The van der Waals surface area contributed by atoms with Gasteiger partial charge >= 0.3 is 0 Å². The molecule has 63 heavy (non-hydrogen) atoms. The Morgan fingerprint density at radius 3 is 2.19 bits per heavy atom. The number of carbonyl (C=O) groups is 2. The zero-order valence-electron chi connectivity index (χ0n) is 37.8. The number of nitrogens with one attached hydrogen (secondary N) is 2. The molecule has 340 valence electrons. The standard InChI is InChI=1S/C49H63F4N7O3/c1-9-28(10-2)42(26(5)6)46(61)59-25-49(52,53)22-39(59)45-55-23-35(57-45)30-14-16-36-32(17-30)19-37-33-15-13-31(20-40(33)63-41(12-4)60(36)37)34-18-29(11-3)44(56-34)38-21-48(50,51)24-58(38)47(62)43(54)27(7)8/h14,16-20,23,26-28,38-39,41-43,56H,9-13,15,21-22,24-25,54H2,1-8H3,(H,55,57). The third-order valence-corrected chi connectivity index (χ3v) is 14.2. The van der Waals surface area contributed by atoms with E-state index in [1.54, 1.807) is 6.20 Å². The van der Waals surface area contributed by atoms with E-state index in [1.807, 2.05) is 46.8 Å². The maximum Gasteiger partial charge on any atom is 0.267 e. The van der Waals surface area contributed by atoms with E-state index in [4.69, 9.17) is 10.5 Å². The van der Waals surface area contributed by atoms with Crippen molar-refractivity contribution in [2.24, 2.45) is 29.4 Å². The molecule has 8 rings (SSSR count). The lowest BCUT2D eigenvalue weighted by molar-refractivity contribution is -0.141. The van der Waals surface area contributed by atoms with Crippen molar-refractivity contribution >= 4 is 33.9 Å². The number of ether oxygens (including phenoxy) is 1. The molecule has 0 spiro atoms. The van der Waals surface area contributed by atoms with Gasteiger partial charge in [-0.3, -0.25) is 9.59 Å². The molecular weight excluding hydrogens is 811 g/mol. The predicted octanol–water partition coefficient (Wildman–Crippen LogP) is 11.0. The number of likely N-dealkylation sites (tertiary alicyclic amines) is 2. The number of amides is 2. The fourth-order valence-corrected chi connectivity index (χ4v) is 10.7. The number of alkyl halides is 4. The topological polar surface area (TPSA) is 125 Å². The summed E-state index contributed by atoms with van der Waals surface area (Å²) in [6, 6.07) is 7.79. The highest BCUT2D eigenvalue weighted by atomic mass is 19.3. The number of rotatable bonds is 13. The van der Waals surface area contributed by atoms with Gasteiger partial charge in [-0.2, -0.15) is 0 Å². The van der Waals surface area contributed by atoms with Crippen molar-refractivity contribution < 1.29 is 31.9 Å². The minimum Gasteiger partial charge on any atom is -0.470 e. The molecule has 10 nitrogen and oxygen atoms in total. The van der Waals surface area contributed by atoms with Gasteiger partial charge in [0.25, 0.3) is 11.8 Å². The van der Waals surface area contributed by atoms with Crippen molar-refractivity contribution in [2.45, 2.75) is 143 Å². The minimum atomic E-state index is -3.02. The number of nitrogens with zero attached hydrogens (tertiary/aromatic N) is 4. The van der Waals surface area contributed by atoms with Gasteiger partial charge in [-0.15, -0.1) is 0 Å². The van der Waals surface area contributed by atoms with E-state index >= 15 is 8.78 Å². The summed E-state index contributed by atoms with van der Waals surface area (Å²) in [6.07, 6.45) is 6.79. The number of nitrogens with two attached hydrogens (primary N) is 1. The lowest BCUT2D eigenvalue weighted by Gasteiger charge is -2.33. The van der Waals surface area contributed by atoms with E-state index in [9.17, 15) is 18.4 Å². The third-order valence-electron chi connectivity index (χ3n) is 14.2. The zero-order chi connectivity index (χ0) is 45.3. The van der Waals surface area contributed by atoms with Crippen molar-refractivity contribution in [1.82, 2.24) is 29.3 Å². The normalized spacial score (nSPS) is 22.9. The number of hydrogen-bond acceptors (Lipinski definition) is 5. The van der Waals surface area contributed by atoms with Crippen LogP contribution >= 0.6 is 0 Å². The van der Waals surface area contributed by atoms with Gasteiger partial charge in [-0.1, -0.05) is 74.3 Å². The number of halogens is 4. The van der Waals surface area contributed by atoms with Crippen molar-refractivity contribution in [2.75, 3.05) is 13.1 Å². The smallest absolute Gasteiger partial charge is 0.267 e. The van der Waals surface area contributed by atoms with Gasteiger partial charge in [0.1, 0.15) is 11.6 Å². The van der Waals surface area contributed by atoms with E-state index in [-0.39, 0.29) is 35.8 Å². The van der Waals surface area contributed by atoms with Gasteiger partial charge in [0.2, 0.25) is 11.8 Å². The first-order valence-corrected chi connectivity index (χ1v) is 23.0. The first kappa shape index (κ1) is 44.7. The highest BCUT2D eigenvalue weighted by Gasteiger charge is 2.51. The fraction of sp³-hybridized carbons (Fsp3) is 0.571. The number of carbonyl (C=O) groups excluding carboxylic acids is 2. The van der Waals surface area contributed by atoms with Crippen molar-refractivity contribution in [3.63, 3.8) is 0 Å². The molecule has 3 aliphatic heterocycles. The number of benzene rings is 1. The van der Waals surface area contributed by atoms with Crippen molar-refractivity contribution in [3.8, 4) is 11.3 Å². The summed E-state index contributed by atoms with van der Waals surface area (Å²) < 4.78 is 69.2. The molecule has 3 aromatic heterocycles. The monoisotopic (exact) mass is 873 g/mol. The lowest BCUT2D eigenvalue weighted by atomic mass is 9.79. The Labute approximate surface area is 367 Å². The summed E-state index contributed by atoms with van der Waals surface area (Å²) in [5.41, 5.74) is 14.2. The van der Waals surface area contributed by atoms with Crippen LogP contribution in [0.3, 0.4) is 0 Å². The molecule has 4 aromatic rings. The molecule has 0 saturated carbocycles. The first-order valence-electron chi connectivity index (χ1n) is 23.0. The van der Waals surface area contributed by atoms with Crippen LogP contribution in [-0.2, 0) is 20.7 Å². The van der Waals surface area contributed by atoms with Gasteiger partial charge in [0.05, 0.1) is 54.3 Å². The number of aryl methyl sites for hydroxylation is 1. The molecule has 2 saturated heterocycles. The molecule has 5 unspecified atom stereocenters.